The van der Waals surface area contributed by atoms with Crippen molar-refractivity contribution in [2.75, 3.05) is 5.32 Å². The third-order valence-corrected chi connectivity index (χ3v) is 3.30. The molecule has 1 amide bonds. The summed E-state index contributed by atoms with van der Waals surface area (Å²) in [6.07, 6.45) is -7.09. The first kappa shape index (κ1) is 16.5. The molecule has 2 rings (SSSR count). The lowest BCUT2D eigenvalue weighted by Crippen LogP contribution is -2.30. The number of halogens is 4. The molecule has 1 saturated heterocycles. The normalized spacial score (nSPS) is 21.6. The SMILES string of the molecule is O=C(Nc1ccc(Cl)cc1C(F)(F)F)C1CCC([N+](=O)[O-])O1. The summed E-state index contributed by atoms with van der Waals surface area (Å²) in [6.45, 7) is 0. The fourth-order valence-electron chi connectivity index (χ4n) is 2.04. The molecule has 1 aliphatic rings. The number of anilines is 1. The lowest BCUT2D eigenvalue weighted by molar-refractivity contribution is -0.570. The number of carbonyl (C=O) groups is 1. The lowest BCUT2D eigenvalue weighted by atomic mass is 10.1. The van der Waals surface area contributed by atoms with Gasteiger partial charge in [-0.2, -0.15) is 13.2 Å². The molecule has 6 nitrogen and oxygen atoms in total. The Bertz CT molecular complexity index is 609. The van der Waals surface area contributed by atoms with E-state index in [2.05, 4.69) is 5.32 Å². The number of nitrogens with zero attached hydrogens (tertiary/aromatic N) is 1. The average molecular weight is 339 g/mol. The van der Waals surface area contributed by atoms with Gasteiger partial charge in [-0.15, -0.1) is 0 Å². The van der Waals surface area contributed by atoms with Crippen molar-refractivity contribution < 1.29 is 27.6 Å². The zero-order chi connectivity index (χ0) is 16.5. The van der Waals surface area contributed by atoms with Crippen molar-refractivity contribution in [3.8, 4) is 0 Å². The van der Waals surface area contributed by atoms with Crippen molar-refractivity contribution in [3.63, 3.8) is 0 Å². The Morgan fingerprint density at radius 2 is 2.09 bits per heavy atom. The number of benzene rings is 1. The van der Waals surface area contributed by atoms with Crippen LogP contribution in [-0.4, -0.2) is 23.2 Å². The van der Waals surface area contributed by atoms with Gasteiger partial charge in [-0.25, -0.2) is 0 Å². The zero-order valence-electron chi connectivity index (χ0n) is 10.9. The molecule has 1 aromatic rings. The van der Waals surface area contributed by atoms with E-state index in [1.54, 1.807) is 0 Å². The Balaban J connectivity index is 2.14. The van der Waals surface area contributed by atoms with E-state index in [1.165, 1.54) is 6.07 Å². The molecule has 1 fully saturated rings. The third-order valence-electron chi connectivity index (χ3n) is 3.07. The Hall–Kier alpha value is -1.87. The van der Waals surface area contributed by atoms with Gasteiger partial charge in [0.15, 0.2) is 0 Å². The summed E-state index contributed by atoms with van der Waals surface area (Å²) in [4.78, 5) is 21.7. The monoisotopic (exact) mass is 338 g/mol. The average Bonchev–Trinajstić information content (AvgIpc) is 2.89. The van der Waals surface area contributed by atoms with Gasteiger partial charge in [0, 0.05) is 11.4 Å². The molecule has 2 atom stereocenters. The molecule has 120 valence electrons. The van der Waals surface area contributed by atoms with Gasteiger partial charge in [-0.05, 0) is 24.6 Å². The second-order valence-corrected chi connectivity index (χ2v) is 5.06. The van der Waals surface area contributed by atoms with E-state index in [4.69, 9.17) is 16.3 Å². The van der Waals surface area contributed by atoms with Crippen LogP contribution in [-0.2, 0) is 15.7 Å². The second-order valence-electron chi connectivity index (χ2n) is 4.62. The Labute approximate surface area is 127 Å². The van der Waals surface area contributed by atoms with Crippen LogP contribution in [0, 0.1) is 10.1 Å². The number of nitro groups is 1. The largest absolute Gasteiger partial charge is 0.418 e. The highest BCUT2D eigenvalue weighted by molar-refractivity contribution is 6.30. The van der Waals surface area contributed by atoms with Gasteiger partial charge in [0.1, 0.15) is 6.10 Å². The molecule has 1 aromatic carbocycles. The Morgan fingerprint density at radius 3 is 2.64 bits per heavy atom. The first-order valence-electron chi connectivity index (χ1n) is 6.15. The number of carbonyl (C=O) groups excluding carboxylic acids is 1. The summed E-state index contributed by atoms with van der Waals surface area (Å²) in [5.41, 5.74) is -1.58. The molecule has 0 saturated carbocycles. The van der Waals surface area contributed by atoms with Crippen LogP contribution >= 0.6 is 11.6 Å². The van der Waals surface area contributed by atoms with Crippen molar-refractivity contribution in [2.45, 2.75) is 31.3 Å². The summed E-state index contributed by atoms with van der Waals surface area (Å²) >= 11 is 5.53. The number of hydrogen-bond acceptors (Lipinski definition) is 4. The Kier molecular flexibility index (Phi) is 4.57. The smallest absolute Gasteiger partial charge is 0.323 e. The van der Waals surface area contributed by atoms with Gasteiger partial charge in [0.25, 0.3) is 5.91 Å². The van der Waals surface area contributed by atoms with Crippen molar-refractivity contribution in [1.82, 2.24) is 0 Å². The van der Waals surface area contributed by atoms with Crippen LogP contribution in [0.5, 0.6) is 0 Å². The molecule has 0 radical (unpaired) electrons. The van der Waals surface area contributed by atoms with E-state index in [0.29, 0.717) is 6.07 Å². The third kappa shape index (κ3) is 3.66. The van der Waals surface area contributed by atoms with Crippen molar-refractivity contribution in [3.05, 3.63) is 38.9 Å². The summed E-state index contributed by atoms with van der Waals surface area (Å²) in [6, 6.07) is 2.90. The fourth-order valence-corrected chi connectivity index (χ4v) is 2.21. The summed E-state index contributed by atoms with van der Waals surface area (Å²) < 4.78 is 43.6. The van der Waals surface area contributed by atoms with E-state index in [0.717, 1.165) is 6.07 Å². The maximum atomic E-state index is 12.9. The van der Waals surface area contributed by atoms with Crippen LogP contribution in [0.1, 0.15) is 18.4 Å². The number of amides is 1. The standard InChI is InChI=1S/C12H10ClF3N2O4/c13-6-1-2-8(7(5-6)12(14,15)16)17-11(19)9-3-4-10(22-9)18(20)21/h1-2,5,9-10H,3-4H2,(H,17,19). The molecule has 0 spiro atoms. The van der Waals surface area contributed by atoms with Crippen molar-refractivity contribution in [2.24, 2.45) is 0 Å². The Morgan fingerprint density at radius 1 is 1.41 bits per heavy atom. The van der Waals surface area contributed by atoms with E-state index in [-0.39, 0.29) is 17.9 Å². The van der Waals surface area contributed by atoms with Gasteiger partial charge in [0.2, 0.25) is 0 Å². The van der Waals surface area contributed by atoms with Crippen LogP contribution in [0.15, 0.2) is 18.2 Å². The van der Waals surface area contributed by atoms with Gasteiger partial charge < -0.3 is 10.1 Å². The maximum absolute atomic E-state index is 12.9. The minimum absolute atomic E-state index is 0.0256. The highest BCUT2D eigenvalue weighted by Crippen LogP contribution is 2.36. The molecule has 0 bridgehead atoms. The van der Waals surface area contributed by atoms with Gasteiger partial charge in [-0.3, -0.25) is 14.9 Å². The summed E-state index contributed by atoms with van der Waals surface area (Å²) in [7, 11) is 0. The number of nitrogens with one attached hydrogen (secondary N) is 1. The fraction of sp³-hybridized carbons (Fsp3) is 0.417. The topological polar surface area (TPSA) is 81.5 Å². The lowest BCUT2D eigenvalue weighted by Gasteiger charge is -2.16. The van der Waals surface area contributed by atoms with Gasteiger partial charge in [0.05, 0.1) is 16.2 Å². The number of alkyl halides is 3. The van der Waals surface area contributed by atoms with E-state index < -0.39 is 40.6 Å². The van der Waals surface area contributed by atoms with Gasteiger partial charge >= 0.3 is 12.4 Å². The molecule has 1 N–H and O–H groups in total. The molecule has 10 heteroatoms. The van der Waals surface area contributed by atoms with Crippen LogP contribution in [0.2, 0.25) is 5.02 Å². The second kappa shape index (κ2) is 6.09. The first-order valence-corrected chi connectivity index (χ1v) is 6.53. The van der Waals surface area contributed by atoms with Gasteiger partial charge in [-0.1, -0.05) is 11.6 Å². The summed E-state index contributed by atoms with van der Waals surface area (Å²) in [5.74, 6) is -0.864. The van der Waals surface area contributed by atoms with Crippen molar-refractivity contribution in [1.29, 1.82) is 0 Å². The highest BCUT2D eigenvalue weighted by Gasteiger charge is 2.39. The zero-order valence-corrected chi connectivity index (χ0v) is 11.6. The molecule has 0 aromatic heterocycles. The minimum atomic E-state index is -4.70. The number of ether oxygens (including phenoxy) is 1. The van der Waals surface area contributed by atoms with Crippen LogP contribution in [0.25, 0.3) is 0 Å². The van der Waals surface area contributed by atoms with Crippen molar-refractivity contribution >= 4 is 23.2 Å². The predicted octanol–water partition coefficient (Wildman–Crippen LogP) is 3.08. The van der Waals surface area contributed by atoms with E-state index >= 15 is 0 Å². The quantitative estimate of drug-likeness (QED) is 0.678. The molecule has 1 aliphatic heterocycles. The number of rotatable bonds is 3. The number of hydrogen-bond donors (Lipinski definition) is 1. The summed E-state index contributed by atoms with van der Waals surface area (Å²) in [5, 5.41) is 12.5. The van der Waals surface area contributed by atoms with Crippen LogP contribution in [0.4, 0.5) is 18.9 Å². The van der Waals surface area contributed by atoms with E-state index in [9.17, 15) is 28.1 Å². The molecular formula is C12H10ClF3N2O4. The predicted molar refractivity (Wildman–Crippen MR) is 70.0 cm³/mol. The molecule has 0 aliphatic carbocycles. The molecular weight excluding hydrogens is 329 g/mol. The molecule has 1 heterocycles. The van der Waals surface area contributed by atoms with Crippen LogP contribution in [0.3, 0.4) is 0 Å². The molecule has 22 heavy (non-hydrogen) atoms. The van der Waals surface area contributed by atoms with E-state index in [1.807, 2.05) is 0 Å². The minimum Gasteiger partial charge on any atom is -0.323 e. The maximum Gasteiger partial charge on any atom is 0.418 e. The first-order chi connectivity index (χ1) is 10.2. The highest BCUT2D eigenvalue weighted by atomic mass is 35.5. The molecule has 2 unspecified atom stereocenters. The van der Waals surface area contributed by atoms with Crippen LogP contribution < -0.4 is 5.32 Å².